The van der Waals surface area contributed by atoms with E-state index in [-0.39, 0.29) is 0 Å². The maximum absolute atomic E-state index is 6.03. The van der Waals surface area contributed by atoms with Gasteiger partial charge in [-0.05, 0) is 31.5 Å². The molecule has 0 aliphatic rings. The fourth-order valence-electron chi connectivity index (χ4n) is 1.70. The second-order valence-electron chi connectivity index (χ2n) is 4.24. The quantitative estimate of drug-likeness (QED) is 0.871. The van der Waals surface area contributed by atoms with Crippen LogP contribution in [0.4, 0.5) is 5.82 Å². The average molecular weight is 278 g/mol. The van der Waals surface area contributed by atoms with Crippen LogP contribution in [0, 0.1) is 13.8 Å². The molecule has 0 bridgehead atoms. The summed E-state index contributed by atoms with van der Waals surface area (Å²) in [4.78, 5) is 8.46. The molecule has 1 heterocycles. The Balaban J connectivity index is 2.09. The summed E-state index contributed by atoms with van der Waals surface area (Å²) in [6.07, 6.45) is 0. The number of halogens is 1. The molecule has 0 amide bonds. The molecule has 0 aliphatic carbocycles. The van der Waals surface area contributed by atoms with Crippen LogP contribution in [0.15, 0.2) is 24.3 Å². The highest BCUT2D eigenvalue weighted by Gasteiger charge is 2.06. The van der Waals surface area contributed by atoms with Gasteiger partial charge in [-0.2, -0.15) is 0 Å². The largest absolute Gasteiger partial charge is 0.497 e. The number of methoxy groups -OCH3 is 1. The van der Waals surface area contributed by atoms with Gasteiger partial charge in [0.25, 0.3) is 0 Å². The molecule has 0 saturated carbocycles. The summed E-state index contributed by atoms with van der Waals surface area (Å²) < 4.78 is 5.12. The Hall–Kier alpha value is -1.81. The predicted octanol–water partition coefficient (Wildman–Crippen LogP) is 3.37. The summed E-state index contributed by atoms with van der Waals surface area (Å²) in [7, 11) is 1.66. The second-order valence-corrected chi connectivity index (χ2v) is 4.59. The van der Waals surface area contributed by atoms with Crippen molar-refractivity contribution in [3.05, 3.63) is 46.4 Å². The minimum Gasteiger partial charge on any atom is -0.497 e. The van der Waals surface area contributed by atoms with Crippen molar-refractivity contribution < 1.29 is 4.74 Å². The molecule has 0 aliphatic heterocycles. The first-order valence-corrected chi connectivity index (χ1v) is 6.35. The number of aryl methyl sites for hydroxylation is 1. The van der Waals surface area contributed by atoms with Crippen molar-refractivity contribution in [3.63, 3.8) is 0 Å². The van der Waals surface area contributed by atoms with E-state index in [0.717, 1.165) is 22.7 Å². The molecule has 2 aromatic rings. The number of nitrogens with one attached hydrogen (secondary N) is 1. The van der Waals surface area contributed by atoms with Gasteiger partial charge in [-0.3, -0.25) is 0 Å². The molecule has 4 nitrogen and oxygen atoms in total. The highest BCUT2D eigenvalue weighted by molar-refractivity contribution is 6.30. The molecule has 0 saturated heterocycles. The van der Waals surface area contributed by atoms with Gasteiger partial charge in [0.2, 0.25) is 0 Å². The molecule has 0 fully saturated rings. The molecule has 2 rings (SSSR count). The van der Waals surface area contributed by atoms with Crippen molar-refractivity contribution in [1.29, 1.82) is 0 Å². The summed E-state index contributed by atoms with van der Waals surface area (Å²) >= 11 is 6.03. The number of hydrogen-bond donors (Lipinski definition) is 1. The highest BCUT2D eigenvalue weighted by atomic mass is 35.5. The summed E-state index contributed by atoms with van der Waals surface area (Å²) in [5.41, 5.74) is 2.01. The number of ether oxygens (including phenoxy) is 1. The van der Waals surface area contributed by atoms with Crippen LogP contribution in [0.5, 0.6) is 5.75 Å². The Morgan fingerprint density at radius 3 is 2.47 bits per heavy atom. The Labute approximate surface area is 117 Å². The molecular weight excluding hydrogens is 262 g/mol. The standard InChI is InChI=1S/C14H16ClN3O/c1-9-13(15)17-10(2)18-14(9)16-8-11-4-6-12(19-3)7-5-11/h4-7H,8H2,1-3H3,(H,16,17,18). The van der Waals surface area contributed by atoms with Gasteiger partial charge in [-0.1, -0.05) is 23.7 Å². The molecule has 0 unspecified atom stereocenters. The average Bonchev–Trinajstić information content (AvgIpc) is 2.41. The number of nitrogens with zero attached hydrogens (tertiary/aromatic N) is 2. The van der Waals surface area contributed by atoms with Crippen LogP contribution in [0.25, 0.3) is 0 Å². The molecule has 0 radical (unpaired) electrons. The third kappa shape index (κ3) is 3.35. The maximum Gasteiger partial charge on any atom is 0.137 e. The Morgan fingerprint density at radius 2 is 1.84 bits per heavy atom. The van der Waals surface area contributed by atoms with Crippen LogP contribution >= 0.6 is 11.6 Å². The second kappa shape index (κ2) is 5.89. The highest BCUT2D eigenvalue weighted by Crippen LogP contribution is 2.20. The van der Waals surface area contributed by atoms with E-state index in [9.17, 15) is 0 Å². The molecular formula is C14H16ClN3O. The van der Waals surface area contributed by atoms with E-state index in [2.05, 4.69) is 15.3 Å². The van der Waals surface area contributed by atoms with Gasteiger partial charge in [0.15, 0.2) is 0 Å². The summed E-state index contributed by atoms with van der Waals surface area (Å²) in [5, 5.41) is 3.76. The topological polar surface area (TPSA) is 47.0 Å². The van der Waals surface area contributed by atoms with E-state index in [0.29, 0.717) is 17.5 Å². The molecule has 1 N–H and O–H groups in total. The zero-order valence-corrected chi connectivity index (χ0v) is 12.0. The molecule has 0 spiro atoms. The van der Waals surface area contributed by atoms with Crippen LogP contribution in [0.3, 0.4) is 0 Å². The van der Waals surface area contributed by atoms with Crippen molar-refractivity contribution in [2.24, 2.45) is 0 Å². The van der Waals surface area contributed by atoms with Gasteiger partial charge in [0.1, 0.15) is 22.5 Å². The number of hydrogen-bond acceptors (Lipinski definition) is 4. The Kier molecular flexibility index (Phi) is 4.22. The third-order valence-corrected chi connectivity index (χ3v) is 3.19. The Bertz CT molecular complexity index is 570. The van der Waals surface area contributed by atoms with Gasteiger partial charge in [0, 0.05) is 12.1 Å². The van der Waals surface area contributed by atoms with Crippen LogP contribution in [-0.4, -0.2) is 17.1 Å². The van der Waals surface area contributed by atoms with Crippen molar-refractivity contribution in [3.8, 4) is 5.75 Å². The minimum atomic E-state index is 0.490. The van der Waals surface area contributed by atoms with Gasteiger partial charge >= 0.3 is 0 Å². The number of anilines is 1. The fourth-order valence-corrected chi connectivity index (χ4v) is 1.91. The molecule has 19 heavy (non-hydrogen) atoms. The SMILES string of the molecule is COc1ccc(CNc2nc(C)nc(Cl)c2C)cc1. The lowest BCUT2D eigenvalue weighted by Crippen LogP contribution is -2.05. The molecule has 100 valence electrons. The first-order valence-electron chi connectivity index (χ1n) is 5.97. The van der Waals surface area contributed by atoms with E-state index >= 15 is 0 Å². The molecule has 0 atom stereocenters. The number of rotatable bonds is 4. The van der Waals surface area contributed by atoms with Gasteiger partial charge < -0.3 is 10.1 Å². The van der Waals surface area contributed by atoms with Crippen molar-refractivity contribution >= 4 is 17.4 Å². The smallest absolute Gasteiger partial charge is 0.137 e. The third-order valence-electron chi connectivity index (χ3n) is 2.82. The maximum atomic E-state index is 6.03. The number of aromatic nitrogens is 2. The lowest BCUT2D eigenvalue weighted by Gasteiger charge is -2.10. The summed E-state index contributed by atoms with van der Waals surface area (Å²) in [6.45, 7) is 4.40. The first-order chi connectivity index (χ1) is 9.10. The fraction of sp³-hybridized carbons (Fsp3) is 0.286. The monoisotopic (exact) mass is 277 g/mol. The first kappa shape index (κ1) is 13.6. The van der Waals surface area contributed by atoms with Gasteiger partial charge in [0.05, 0.1) is 7.11 Å². The number of benzene rings is 1. The summed E-state index contributed by atoms with van der Waals surface area (Å²) in [5.74, 6) is 2.28. The van der Waals surface area contributed by atoms with Gasteiger partial charge in [-0.25, -0.2) is 9.97 Å². The zero-order chi connectivity index (χ0) is 13.8. The van der Waals surface area contributed by atoms with E-state index in [1.165, 1.54) is 0 Å². The van der Waals surface area contributed by atoms with Crippen LogP contribution in [0.2, 0.25) is 5.15 Å². The van der Waals surface area contributed by atoms with Gasteiger partial charge in [-0.15, -0.1) is 0 Å². The molecule has 1 aromatic carbocycles. The van der Waals surface area contributed by atoms with Crippen molar-refractivity contribution in [2.45, 2.75) is 20.4 Å². The predicted molar refractivity (Wildman–Crippen MR) is 76.8 cm³/mol. The van der Waals surface area contributed by atoms with E-state index in [1.807, 2.05) is 38.1 Å². The lowest BCUT2D eigenvalue weighted by molar-refractivity contribution is 0.414. The van der Waals surface area contributed by atoms with Crippen molar-refractivity contribution in [2.75, 3.05) is 12.4 Å². The van der Waals surface area contributed by atoms with Crippen LogP contribution < -0.4 is 10.1 Å². The minimum absolute atomic E-state index is 0.490. The lowest BCUT2D eigenvalue weighted by atomic mass is 10.2. The normalized spacial score (nSPS) is 10.3. The van der Waals surface area contributed by atoms with E-state index in [4.69, 9.17) is 16.3 Å². The zero-order valence-electron chi connectivity index (χ0n) is 11.2. The Morgan fingerprint density at radius 1 is 1.16 bits per heavy atom. The van der Waals surface area contributed by atoms with E-state index < -0.39 is 0 Å². The molecule has 5 heteroatoms. The van der Waals surface area contributed by atoms with Crippen LogP contribution in [0.1, 0.15) is 17.0 Å². The molecule has 1 aromatic heterocycles. The summed E-state index contributed by atoms with van der Waals surface area (Å²) in [6, 6.07) is 7.89. The van der Waals surface area contributed by atoms with E-state index in [1.54, 1.807) is 7.11 Å². The van der Waals surface area contributed by atoms with Crippen molar-refractivity contribution in [1.82, 2.24) is 9.97 Å². The van der Waals surface area contributed by atoms with Crippen LogP contribution in [-0.2, 0) is 6.54 Å².